The number of aromatic nitrogens is 2. The SMILES string of the molecule is Clc1ccc(CSc2nnc(-c3ccccc3Cl)o2)cc1Cl. The molecule has 1 heterocycles. The van der Waals surface area contributed by atoms with Crippen molar-refractivity contribution in [3.8, 4) is 11.5 Å². The van der Waals surface area contributed by atoms with Crippen molar-refractivity contribution in [1.29, 1.82) is 0 Å². The second kappa shape index (κ2) is 6.92. The molecule has 0 saturated heterocycles. The van der Waals surface area contributed by atoms with Crippen LogP contribution in [0, 0.1) is 0 Å². The molecule has 0 fully saturated rings. The standard InChI is InChI=1S/C15H9Cl3N2OS/c16-11-4-2-1-3-10(11)14-19-20-15(21-14)22-8-9-5-6-12(17)13(18)7-9/h1-7H,8H2. The van der Waals surface area contributed by atoms with Gasteiger partial charge in [0.25, 0.3) is 5.22 Å². The van der Waals surface area contributed by atoms with Gasteiger partial charge in [-0.2, -0.15) is 0 Å². The van der Waals surface area contributed by atoms with Gasteiger partial charge in [0.1, 0.15) is 0 Å². The Morgan fingerprint density at radius 3 is 2.50 bits per heavy atom. The summed E-state index contributed by atoms with van der Waals surface area (Å²) in [5, 5.41) is 10.2. The number of halogens is 3. The summed E-state index contributed by atoms with van der Waals surface area (Å²) in [7, 11) is 0. The molecule has 0 aliphatic heterocycles. The highest BCUT2D eigenvalue weighted by molar-refractivity contribution is 7.98. The molecule has 0 atom stereocenters. The Hall–Kier alpha value is -1.20. The first kappa shape index (κ1) is 15.7. The van der Waals surface area contributed by atoms with Crippen molar-refractivity contribution in [2.45, 2.75) is 11.0 Å². The highest BCUT2D eigenvalue weighted by atomic mass is 35.5. The number of nitrogens with zero attached hydrogens (tertiary/aromatic N) is 2. The monoisotopic (exact) mass is 370 g/mol. The van der Waals surface area contributed by atoms with Gasteiger partial charge in [0, 0.05) is 5.75 Å². The number of hydrogen-bond acceptors (Lipinski definition) is 4. The molecule has 112 valence electrons. The highest BCUT2D eigenvalue weighted by Crippen LogP contribution is 2.31. The van der Waals surface area contributed by atoms with Crippen LogP contribution in [0.25, 0.3) is 11.5 Å². The summed E-state index contributed by atoms with van der Waals surface area (Å²) in [6.07, 6.45) is 0. The van der Waals surface area contributed by atoms with Crippen LogP contribution in [0.2, 0.25) is 15.1 Å². The Balaban J connectivity index is 1.72. The Labute approximate surface area is 146 Å². The largest absolute Gasteiger partial charge is 0.411 e. The van der Waals surface area contributed by atoms with Crippen molar-refractivity contribution in [3.05, 3.63) is 63.1 Å². The topological polar surface area (TPSA) is 38.9 Å². The lowest BCUT2D eigenvalue weighted by atomic mass is 10.2. The third-order valence-corrected chi connectivity index (χ3v) is 4.82. The highest BCUT2D eigenvalue weighted by Gasteiger charge is 2.12. The number of benzene rings is 2. The maximum atomic E-state index is 6.11. The Kier molecular flexibility index (Phi) is 4.93. The molecule has 0 bridgehead atoms. The van der Waals surface area contributed by atoms with E-state index < -0.39 is 0 Å². The van der Waals surface area contributed by atoms with Gasteiger partial charge in [0.2, 0.25) is 5.89 Å². The van der Waals surface area contributed by atoms with Crippen molar-refractivity contribution in [2.24, 2.45) is 0 Å². The fourth-order valence-electron chi connectivity index (χ4n) is 1.79. The van der Waals surface area contributed by atoms with E-state index in [0.29, 0.717) is 31.9 Å². The molecule has 3 aromatic rings. The van der Waals surface area contributed by atoms with Crippen LogP contribution in [0.1, 0.15) is 5.56 Å². The predicted octanol–water partition coefficient (Wildman–Crippen LogP) is 5.99. The van der Waals surface area contributed by atoms with Crippen LogP contribution in [0.5, 0.6) is 0 Å². The van der Waals surface area contributed by atoms with Crippen LogP contribution in [-0.2, 0) is 5.75 Å². The van der Waals surface area contributed by atoms with E-state index >= 15 is 0 Å². The van der Waals surface area contributed by atoms with Crippen LogP contribution in [0.15, 0.2) is 52.1 Å². The number of rotatable bonds is 4. The summed E-state index contributed by atoms with van der Waals surface area (Å²) < 4.78 is 5.62. The Morgan fingerprint density at radius 1 is 0.909 bits per heavy atom. The normalized spacial score (nSPS) is 10.9. The fraction of sp³-hybridized carbons (Fsp3) is 0.0667. The molecule has 2 aromatic carbocycles. The molecule has 0 spiro atoms. The number of thioether (sulfide) groups is 1. The van der Waals surface area contributed by atoms with Crippen LogP contribution < -0.4 is 0 Å². The van der Waals surface area contributed by atoms with Crippen LogP contribution in [0.4, 0.5) is 0 Å². The first-order chi connectivity index (χ1) is 10.6. The quantitative estimate of drug-likeness (QED) is 0.528. The summed E-state index contributed by atoms with van der Waals surface area (Å²) >= 11 is 19.4. The van der Waals surface area contributed by atoms with Crippen LogP contribution in [-0.4, -0.2) is 10.2 Å². The minimum absolute atomic E-state index is 0.405. The molecular formula is C15H9Cl3N2OS. The lowest BCUT2D eigenvalue weighted by Gasteiger charge is -2.01. The summed E-state index contributed by atoms with van der Waals surface area (Å²) in [6.45, 7) is 0. The minimum Gasteiger partial charge on any atom is -0.411 e. The first-order valence-electron chi connectivity index (χ1n) is 6.28. The van der Waals surface area contributed by atoms with Crippen molar-refractivity contribution in [1.82, 2.24) is 10.2 Å². The zero-order valence-corrected chi connectivity index (χ0v) is 14.2. The van der Waals surface area contributed by atoms with Gasteiger partial charge < -0.3 is 4.42 Å². The van der Waals surface area contributed by atoms with Crippen molar-refractivity contribution in [2.75, 3.05) is 0 Å². The lowest BCUT2D eigenvalue weighted by molar-refractivity contribution is 0.466. The molecule has 0 amide bonds. The van der Waals surface area contributed by atoms with E-state index in [1.165, 1.54) is 11.8 Å². The van der Waals surface area contributed by atoms with Gasteiger partial charge in [-0.25, -0.2) is 0 Å². The second-order valence-electron chi connectivity index (χ2n) is 4.39. The van der Waals surface area contributed by atoms with Gasteiger partial charge in [-0.1, -0.05) is 64.8 Å². The van der Waals surface area contributed by atoms with Gasteiger partial charge in [0.05, 0.1) is 20.6 Å². The zero-order valence-electron chi connectivity index (χ0n) is 11.1. The van der Waals surface area contributed by atoms with Crippen molar-refractivity contribution >= 4 is 46.6 Å². The van der Waals surface area contributed by atoms with Gasteiger partial charge in [-0.05, 0) is 29.8 Å². The molecule has 0 unspecified atom stereocenters. The summed E-state index contributed by atoms with van der Waals surface area (Å²) in [5.74, 6) is 1.06. The van der Waals surface area contributed by atoms with E-state index in [1.807, 2.05) is 30.3 Å². The van der Waals surface area contributed by atoms with Gasteiger partial charge in [0.15, 0.2) is 0 Å². The molecule has 3 rings (SSSR count). The molecule has 0 aliphatic rings. The van der Waals surface area contributed by atoms with Crippen molar-refractivity contribution < 1.29 is 4.42 Å². The number of hydrogen-bond donors (Lipinski definition) is 0. The smallest absolute Gasteiger partial charge is 0.277 e. The average molecular weight is 372 g/mol. The maximum Gasteiger partial charge on any atom is 0.277 e. The molecule has 3 nitrogen and oxygen atoms in total. The molecular weight excluding hydrogens is 363 g/mol. The van der Waals surface area contributed by atoms with Crippen molar-refractivity contribution in [3.63, 3.8) is 0 Å². The van der Waals surface area contributed by atoms with Gasteiger partial charge in [-0.15, -0.1) is 10.2 Å². The molecule has 22 heavy (non-hydrogen) atoms. The second-order valence-corrected chi connectivity index (χ2v) is 6.54. The molecule has 7 heteroatoms. The molecule has 0 saturated carbocycles. The van der Waals surface area contributed by atoms with E-state index in [4.69, 9.17) is 39.2 Å². The fourth-order valence-corrected chi connectivity index (χ4v) is 3.03. The average Bonchev–Trinajstić information content (AvgIpc) is 2.98. The Bertz CT molecular complexity index is 807. The van der Waals surface area contributed by atoms with Gasteiger partial charge >= 0.3 is 0 Å². The molecule has 1 aromatic heterocycles. The maximum absolute atomic E-state index is 6.11. The summed E-state index contributed by atoms with van der Waals surface area (Å²) in [6, 6.07) is 12.8. The van der Waals surface area contributed by atoms with E-state index in [1.54, 1.807) is 12.1 Å². The van der Waals surface area contributed by atoms with E-state index in [0.717, 1.165) is 11.1 Å². The van der Waals surface area contributed by atoms with E-state index in [9.17, 15) is 0 Å². The first-order valence-corrected chi connectivity index (χ1v) is 8.40. The summed E-state index contributed by atoms with van der Waals surface area (Å²) in [4.78, 5) is 0. The summed E-state index contributed by atoms with van der Waals surface area (Å²) in [5.41, 5.74) is 1.75. The predicted molar refractivity (Wildman–Crippen MR) is 90.8 cm³/mol. The van der Waals surface area contributed by atoms with Crippen LogP contribution in [0.3, 0.4) is 0 Å². The van der Waals surface area contributed by atoms with Crippen LogP contribution >= 0.6 is 46.6 Å². The molecule has 0 N–H and O–H groups in total. The molecule has 0 radical (unpaired) electrons. The third kappa shape index (κ3) is 3.58. The third-order valence-electron chi connectivity index (χ3n) is 2.86. The van der Waals surface area contributed by atoms with E-state index in [-0.39, 0.29) is 0 Å². The lowest BCUT2D eigenvalue weighted by Crippen LogP contribution is -1.81. The Morgan fingerprint density at radius 2 is 1.73 bits per heavy atom. The minimum atomic E-state index is 0.405. The zero-order chi connectivity index (χ0) is 15.5. The van der Waals surface area contributed by atoms with Gasteiger partial charge in [-0.3, -0.25) is 0 Å². The molecule has 0 aliphatic carbocycles. The van der Waals surface area contributed by atoms with E-state index in [2.05, 4.69) is 10.2 Å².